The molecule has 1 aliphatic rings. The number of hydrogen-bond acceptors (Lipinski definition) is 6. The Morgan fingerprint density at radius 3 is 2.50 bits per heavy atom. The van der Waals surface area contributed by atoms with Crippen LogP contribution in [0.1, 0.15) is 24.1 Å². The Labute approximate surface area is 185 Å². The quantitative estimate of drug-likeness (QED) is 0.456. The molecule has 170 valence electrons. The third-order valence-electron chi connectivity index (χ3n) is 4.84. The van der Waals surface area contributed by atoms with Gasteiger partial charge in [0, 0.05) is 12.8 Å². The van der Waals surface area contributed by atoms with E-state index in [1.54, 1.807) is 37.3 Å². The molecular formula is C23H25FN2O6. The van der Waals surface area contributed by atoms with Gasteiger partial charge in [-0.2, -0.15) is 0 Å². The third kappa shape index (κ3) is 5.55. The number of methoxy groups -OCH3 is 2. The SMILES string of the molecule is COCCOC(=O)C1=C(C)NC(=O)N[C@@H]1c1ccc(OCc2ccc(F)cc2)c(OC)c1. The van der Waals surface area contributed by atoms with Crippen molar-refractivity contribution in [1.29, 1.82) is 0 Å². The van der Waals surface area contributed by atoms with Crippen LogP contribution in [0.25, 0.3) is 0 Å². The van der Waals surface area contributed by atoms with E-state index >= 15 is 0 Å². The minimum Gasteiger partial charge on any atom is -0.493 e. The number of rotatable bonds is 9. The highest BCUT2D eigenvalue weighted by Crippen LogP contribution is 2.35. The standard InChI is InChI=1S/C23H25FN2O6/c1-14-20(22(27)31-11-10-29-2)21(26-23(28)25-14)16-6-9-18(19(12-16)30-3)32-13-15-4-7-17(24)8-5-15/h4-9,12,21H,10-11,13H2,1-3H3,(H2,25,26,28)/t21-/m1/s1. The van der Waals surface area contributed by atoms with Crippen molar-refractivity contribution in [3.63, 3.8) is 0 Å². The van der Waals surface area contributed by atoms with Gasteiger partial charge >= 0.3 is 12.0 Å². The Morgan fingerprint density at radius 2 is 1.81 bits per heavy atom. The molecule has 0 saturated carbocycles. The topological polar surface area (TPSA) is 95.1 Å². The van der Waals surface area contributed by atoms with Crippen LogP contribution in [0.4, 0.5) is 9.18 Å². The predicted molar refractivity (Wildman–Crippen MR) is 114 cm³/mol. The molecule has 1 atom stereocenters. The Hall–Kier alpha value is -3.59. The number of amides is 2. The van der Waals surface area contributed by atoms with Crippen LogP contribution >= 0.6 is 0 Å². The van der Waals surface area contributed by atoms with E-state index < -0.39 is 18.0 Å². The highest BCUT2D eigenvalue weighted by molar-refractivity contribution is 5.95. The Kier molecular flexibility index (Phi) is 7.67. The van der Waals surface area contributed by atoms with E-state index in [4.69, 9.17) is 18.9 Å². The van der Waals surface area contributed by atoms with Gasteiger partial charge in [-0.15, -0.1) is 0 Å². The summed E-state index contributed by atoms with van der Waals surface area (Å²) in [6, 6.07) is 9.93. The lowest BCUT2D eigenvalue weighted by Crippen LogP contribution is -2.45. The zero-order chi connectivity index (χ0) is 23.1. The van der Waals surface area contributed by atoms with Gasteiger partial charge in [-0.1, -0.05) is 18.2 Å². The van der Waals surface area contributed by atoms with Gasteiger partial charge in [0.15, 0.2) is 11.5 Å². The van der Waals surface area contributed by atoms with Crippen molar-refractivity contribution in [2.45, 2.75) is 19.6 Å². The summed E-state index contributed by atoms with van der Waals surface area (Å²) in [5.74, 6) is 0.000148. The van der Waals surface area contributed by atoms with E-state index in [-0.39, 0.29) is 31.2 Å². The average molecular weight is 444 g/mol. The number of hydrogen-bond donors (Lipinski definition) is 2. The zero-order valence-corrected chi connectivity index (χ0v) is 18.1. The van der Waals surface area contributed by atoms with Crippen LogP contribution in [0.5, 0.6) is 11.5 Å². The molecule has 2 aromatic carbocycles. The fourth-order valence-electron chi connectivity index (χ4n) is 3.23. The minimum absolute atomic E-state index is 0.0895. The van der Waals surface area contributed by atoms with Crippen molar-refractivity contribution in [3.05, 3.63) is 70.7 Å². The lowest BCUT2D eigenvalue weighted by Gasteiger charge is -2.28. The van der Waals surface area contributed by atoms with Gasteiger partial charge in [0.05, 0.1) is 25.3 Å². The first-order chi connectivity index (χ1) is 15.4. The fourth-order valence-corrected chi connectivity index (χ4v) is 3.23. The molecule has 0 bridgehead atoms. The second kappa shape index (κ2) is 10.6. The maximum absolute atomic E-state index is 13.1. The molecule has 0 fully saturated rings. The van der Waals surface area contributed by atoms with Crippen LogP contribution in [0.2, 0.25) is 0 Å². The van der Waals surface area contributed by atoms with E-state index in [1.165, 1.54) is 26.4 Å². The van der Waals surface area contributed by atoms with Gasteiger partial charge in [0.25, 0.3) is 0 Å². The molecule has 8 nitrogen and oxygen atoms in total. The number of urea groups is 1. The highest BCUT2D eigenvalue weighted by atomic mass is 19.1. The second-order valence-corrected chi connectivity index (χ2v) is 7.02. The van der Waals surface area contributed by atoms with Gasteiger partial charge in [0.1, 0.15) is 19.0 Å². The van der Waals surface area contributed by atoms with Crippen molar-refractivity contribution in [2.24, 2.45) is 0 Å². The number of carbonyl (C=O) groups excluding carboxylic acids is 2. The van der Waals surface area contributed by atoms with E-state index in [0.717, 1.165) is 5.56 Å². The number of carbonyl (C=O) groups is 2. The third-order valence-corrected chi connectivity index (χ3v) is 4.84. The number of halogens is 1. The lowest BCUT2D eigenvalue weighted by molar-refractivity contribution is -0.140. The maximum atomic E-state index is 13.1. The van der Waals surface area contributed by atoms with Gasteiger partial charge in [-0.05, 0) is 42.3 Å². The molecule has 2 amide bonds. The average Bonchev–Trinajstić information content (AvgIpc) is 2.78. The zero-order valence-electron chi connectivity index (χ0n) is 18.1. The molecular weight excluding hydrogens is 419 g/mol. The van der Waals surface area contributed by atoms with Crippen LogP contribution < -0.4 is 20.1 Å². The van der Waals surface area contributed by atoms with Crippen LogP contribution in [0.15, 0.2) is 53.7 Å². The van der Waals surface area contributed by atoms with Gasteiger partial charge in [-0.25, -0.2) is 14.0 Å². The summed E-state index contributed by atoms with van der Waals surface area (Å²) >= 11 is 0. The molecule has 0 saturated heterocycles. The number of allylic oxidation sites excluding steroid dienone is 1. The summed E-state index contributed by atoms with van der Waals surface area (Å²) < 4.78 is 34.5. The molecule has 2 N–H and O–H groups in total. The predicted octanol–water partition coefficient (Wildman–Crippen LogP) is 3.23. The maximum Gasteiger partial charge on any atom is 0.338 e. The number of esters is 1. The molecule has 1 heterocycles. The Bertz CT molecular complexity index is 1010. The van der Waals surface area contributed by atoms with Gasteiger partial charge in [0.2, 0.25) is 0 Å². The Morgan fingerprint density at radius 1 is 1.06 bits per heavy atom. The molecule has 0 aromatic heterocycles. The fraction of sp³-hybridized carbons (Fsp3) is 0.304. The molecule has 2 aromatic rings. The smallest absolute Gasteiger partial charge is 0.338 e. The Balaban J connectivity index is 1.83. The van der Waals surface area contributed by atoms with E-state index in [1.807, 2.05) is 0 Å². The van der Waals surface area contributed by atoms with Crippen molar-refractivity contribution in [1.82, 2.24) is 10.6 Å². The van der Waals surface area contributed by atoms with Crippen LogP contribution in [-0.2, 0) is 20.9 Å². The number of benzene rings is 2. The molecule has 3 rings (SSSR count). The van der Waals surface area contributed by atoms with Crippen LogP contribution in [0, 0.1) is 5.82 Å². The van der Waals surface area contributed by atoms with Crippen molar-refractivity contribution in [2.75, 3.05) is 27.4 Å². The second-order valence-electron chi connectivity index (χ2n) is 7.02. The summed E-state index contributed by atoms with van der Waals surface area (Å²) in [4.78, 5) is 24.7. The van der Waals surface area contributed by atoms with Gasteiger partial charge < -0.3 is 29.6 Å². The molecule has 0 aliphatic carbocycles. The van der Waals surface area contributed by atoms with Crippen molar-refractivity contribution in [3.8, 4) is 11.5 Å². The minimum atomic E-state index is -0.737. The molecule has 1 aliphatic heterocycles. The first-order valence-corrected chi connectivity index (χ1v) is 9.92. The normalized spacial score (nSPS) is 15.6. The molecule has 0 radical (unpaired) electrons. The van der Waals surface area contributed by atoms with Gasteiger partial charge in [-0.3, -0.25) is 0 Å². The van der Waals surface area contributed by atoms with Crippen LogP contribution in [-0.4, -0.2) is 39.4 Å². The first-order valence-electron chi connectivity index (χ1n) is 9.92. The van der Waals surface area contributed by atoms with E-state index in [0.29, 0.717) is 22.8 Å². The summed E-state index contributed by atoms with van der Waals surface area (Å²) in [5, 5.41) is 5.34. The number of ether oxygens (including phenoxy) is 4. The first kappa shape index (κ1) is 23.1. The van der Waals surface area contributed by atoms with E-state index in [2.05, 4.69) is 10.6 Å². The van der Waals surface area contributed by atoms with Crippen molar-refractivity contribution < 1.29 is 32.9 Å². The summed E-state index contributed by atoms with van der Waals surface area (Å²) in [7, 11) is 3.00. The monoisotopic (exact) mass is 444 g/mol. The summed E-state index contributed by atoms with van der Waals surface area (Å²) in [5.41, 5.74) is 2.09. The molecule has 0 spiro atoms. The summed E-state index contributed by atoms with van der Waals surface area (Å²) in [6.07, 6.45) is 0. The molecule has 9 heteroatoms. The highest BCUT2D eigenvalue weighted by Gasteiger charge is 2.32. The largest absolute Gasteiger partial charge is 0.493 e. The van der Waals surface area contributed by atoms with E-state index in [9.17, 15) is 14.0 Å². The van der Waals surface area contributed by atoms with Crippen molar-refractivity contribution >= 4 is 12.0 Å². The number of nitrogens with one attached hydrogen (secondary N) is 2. The lowest BCUT2D eigenvalue weighted by atomic mass is 9.95. The molecule has 0 unspecified atom stereocenters. The van der Waals surface area contributed by atoms with Crippen LogP contribution in [0.3, 0.4) is 0 Å². The summed E-state index contributed by atoms with van der Waals surface area (Å²) in [6.45, 7) is 2.20. The molecule has 32 heavy (non-hydrogen) atoms.